The summed E-state index contributed by atoms with van der Waals surface area (Å²) in [5, 5.41) is 9.83. The van der Waals surface area contributed by atoms with Crippen LogP contribution in [0.5, 0.6) is 0 Å². The molecule has 5 heteroatoms. The zero-order valence-electron chi connectivity index (χ0n) is 11.2. The molecule has 1 aliphatic carbocycles. The van der Waals surface area contributed by atoms with Crippen molar-refractivity contribution in [1.82, 2.24) is 15.5 Å². The van der Waals surface area contributed by atoms with Gasteiger partial charge in [0.25, 0.3) is 5.91 Å². The summed E-state index contributed by atoms with van der Waals surface area (Å²) >= 11 is 0. The van der Waals surface area contributed by atoms with Crippen LogP contribution in [-0.4, -0.2) is 35.4 Å². The Hall–Kier alpha value is -1.36. The van der Waals surface area contributed by atoms with Crippen molar-refractivity contribution in [2.24, 2.45) is 0 Å². The Morgan fingerprint density at radius 1 is 1.37 bits per heavy atom. The summed E-state index contributed by atoms with van der Waals surface area (Å²) < 4.78 is 5.62. The smallest absolute Gasteiger partial charge is 0.269 e. The van der Waals surface area contributed by atoms with Crippen molar-refractivity contribution in [3.63, 3.8) is 0 Å². The molecule has 2 heterocycles. The second-order valence-electron chi connectivity index (χ2n) is 5.53. The van der Waals surface area contributed by atoms with Gasteiger partial charge in [0.15, 0.2) is 0 Å². The van der Waals surface area contributed by atoms with Gasteiger partial charge >= 0.3 is 0 Å². The lowest BCUT2D eigenvalue weighted by atomic mass is 9.80. The number of ether oxygens (including phenoxy) is 1. The number of rotatable bonds is 4. The molecule has 1 amide bonds. The molecule has 1 unspecified atom stereocenters. The van der Waals surface area contributed by atoms with Crippen LogP contribution >= 0.6 is 0 Å². The molecule has 1 saturated heterocycles. The highest BCUT2D eigenvalue weighted by Crippen LogP contribution is 2.37. The minimum atomic E-state index is -0.0476. The molecular weight excluding hydrogens is 242 g/mol. The maximum atomic E-state index is 12.2. The summed E-state index contributed by atoms with van der Waals surface area (Å²) in [6.07, 6.45) is 8.94. The largest absolute Gasteiger partial charge is 0.376 e. The standard InChI is InChI=1S/C14H21N3O2/c18-14(15-8-11-6-1-2-7-19-11)13-12(9-16-17-13)10-4-3-5-10/h9-11H,1-8H2,(H,15,18)(H,16,17). The summed E-state index contributed by atoms with van der Waals surface area (Å²) in [6, 6.07) is 0. The first-order chi connectivity index (χ1) is 9.34. The van der Waals surface area contributed by atoms with Gasteiger partial charge in [0, 0.05) is 18.7 Å². The van der Waals surface area contributed by atoms with Crippen molar-refractivity contribution in [2.45, 2.75) is 50.5 Å². The maximum Gasteiger partial charge on any atom is 0.269 e. The molecule has 104 valence electrons. The highest BCUT2D eigenvalue weighted by Gasteiger charge is 2.26. The summed E-state index contributed by atoms with van der Waals surface area (Å²) in [7, 11) is 0. The molecule has 2 aliphatic rings. The van der Waals surface area contributed by atoms with Crippen molar-refractivity contribution >= 4 is 5.91 Å². The van der Waals surface area contributed by atoms with Gasteiger partial charge < -0.3 is 10.1 Å². The van der Waals surface area contributed by atoms with Crippen molar-refractivity contribution in [2.75, 3.05) is 13.2 Å². The number of hydrogen-bond donors (Lipinski definition) is 2. The molecule has 3 rings (SSSR count). The molecule has 19 heavy (non-hydrogen) atoms. The summed E-state index contributed by atoms with van der Waals surface area (Å²) in [6.45, 7) is 1.42. The fourth-order valence-electron chi connectivity index (χ4n) is 2.77. The van der Waals surface area contributed by atoms with E-state index >= 15 is 0 Å². The molecule has 0 spiro atoms. The molecule has 0 bridgehead atoms. The van der Waals surface area contributed by atoms with E-state index in [-0.39, 0.29) is 12.0 Å². The van der Waals surface area contributed by atoms with E-state index in [1.807, 2.05) is 0 Å². The first-order valence-electron chi connectivity index (χ1n) is 7.27. The molecule has 2 N–H and O–H groups in total. The van der Waals surface area contributed by atoms with Crippen LogP contribution in [0.1, 0.15) is 60.5 Å². The number of carbonyl (C=O) groups excluding carboxylic acids is 1. The van der Waals surface area contributed by atoms with Gasteiger partial charge in [-0.05, 0) is 38.0 Å². The number of hydrogen-bond acceptors (Lipinski definition) is 3. The number of nitrogens with one attached hydrogen (secondary N) is 2. The first kappa shape index (κ1) is 12.7. The van der Waals surface area contributed by atoms with Crippen LogP contribution < -0.4 is 5.32 Å². The molecule has 0 aromatic carbocycles. The van der Waals surface area contributed by atoms with E-state index in [9.17, 15) is 4.79 Å². The van der Waals surface area contributed by atoms with E-state index in [0.29, 0.717) is 18.2 Å². The monoisotopic (exact) mass is 263 g/mol. The fourth-order valence-corrected chi connectivity index (χ4v) is 2.77. The van der Waals surface area contributed by atoms with Crippen LogP contribution in [0, 0.1) is 0 Å². The van der Waals surface area contributed by atoms with Crippen LogP contribution in [-0.2, 0) is 4.74 Å². The van der Waals surface area contributed by atoms with E-state index in [1.165, 1.54) is 25.7 Å². The normalized spacial score (nSPS) is 23.9. The van der Waals surface area contributed by atoms with Crippen LogP contribution in [0.4, 0.5) is 0 Å². The lowest BCUT2D eigenvalue weighted by molar-refractivity contribution is 0.0168. The number of aromatic amines is 1. The minimum absolute atomic E-state index is 0.0476. The van der Waals surface area contributed by atoms with Gasteiger partial charge in [-0.15, -0.1) is 0 Å². The van der Waals surface area contributed by atoms with Gasteiger partial charge in [0.05, 0.1) is 12.3 Å². The summed E-state index contributed by atoms with van der Waals surface area (Å²) in [4.78, 5) is 12.2. The topological polar surface area (TPSA) is 67.0 Å². The van der Waals surface area contributed by atoms with E-state index in [0.717, 1.165) is 25.0 Å². The molecule has 5 nitrogen and oxygen atoms in total. The van der Waals surface area contributed by atoms with Crippen LogP contribution in [0.3, 0.4) is 0 Å². The van der Waals surface area contributed by atoms with Crippen molar-refractivity contribution in [1.29, 1.82) is 0 Å². The third-order valence-corrected chi connectivity index (χ3v) is 4.21. The van der Waals surface area contributed by atoms with Crippen molar-refractivity contribution < 1.29 is 9.53 Å². The Morgan fingerprint density at radius 3 is 2.95 bits per heavy atom. The van der Waals surface area contributed by atoms with E-state index in [1.54, 1.807) is 6.20 Å². The van der Waals surface area contributed by atoms with E-state index in [4.69, 9.17) is 4.74 Å². The Kier molecular flexibility index (Phi) is 3.82. The zero-order valence-corrected chi connectivity index (χ0v) is 11.2. The molecule has 1 saturated carbocycles. The number of nitrogens with zero attached hydrogens (tertiary/aromatic N) is 1. The number of amides is 1. The van der Waals surface area contributed by atoms with Crippen molar-refractivity contribution in [3.05, 3.63) is 17.5 Å². The average Bonchev–Trinajstić information content (AvgIpc) is 2.84. The minimum Gasteiger partial charge on any atom is -0.376 e. The van der Waals surface area contributed by atoms with E-state index < -0.39 is 0 Å². The molecule has 1 aromatic rings. The Bertz CT molecular complexity index is 434. The third kappa shape index (κ3) is 2.81. The fraction of sp³-hybridized carbons (Fsp3) is 0.714. The Morgan fingerprint density at radius 2 is 2.26 bits per heavy atom. The van der Waals surface area contributed by atoms with Gasteiger partial charge in [-0.25, -0.2) is 0 Å². The molecule has 1 aromatic heterocycles. The van der Waals surface area contributed by atoms with Gasteiger partial charge in [-0.1, -0.05) is 6.42 Å². The van der Waals surface area contributed by atoms with Gasteiger partial charge in [-0.3, -0.25) is 9.89 Å². The molecule has 1 aliphatic heterocycles. The zero-order chi connectivity index (χ0) is 13.1. The number of carbonyl (C=O) groups is 1. The SMILES string of the molecule is O=C(NCC1CCCCO1)c1[nH]ncc1C1CCC1. The first-order valence-corrected chi connectivity index (χ1v) is 7.27. The summed E-state index contributed by atoms with van der Waals surface area (Å²) in [5.41, 5.74) is 1.72. The Balaban J connectivity index is 1.56. The third-order valence-electron chi connectivity index (χ3n) is 4.21. The Labute approximate surface area is 113 Å². The highest BCUT2D eigenvalue weighted by atomic mass is 16.5. The quantitative estimate of drug-likeness (QED) is 0.872. The molecule has 2 fully saturated rings. The van der Waals surface area contributed by atoms with Crippen LogP contribution in [0.15, 0.2) is 6.20 Å². The second-order valence-corrected chi connectivity index (χ2v) is 5.53. The number of aromatic nitrogens is 2. The molecule has 1 atom stereocenters. The second kappa shape index (κ2) is 5.74. The average molecular weight is 263 g/mol. The maximum absolute atomic E-state index is 12.2. The lowest BCUT2D eigenvalue weighted by Gasteiger charge is -2.25. The summed E-state index contributed by atoms with van der Waals surface area (Å²) in [5.74, 6) is 0.471. The highest BCUT2D eigenvalue weighted by molar-refractivity contribution is 5.93. The van der Waals surface area contributed by atoms with Crippen LogP contribution in [0.25, 0.3) is 0 Å². The molecular formula is C14H21N3O2. The van der Waals surface area contributed by atoms with Crippen molar-refractivity contribution in [3.8, 4) is 0 Å². The number of H-pyrrole nitrogens is 1. The van der Waals surface area contributed by atoms with Gasteiger partial charge in [0.1, 0.15) is 5.69 Å². The lowest BCUT2D eigenvalue weighted by Crippen LogP contribution is -2.36. The van der Waals surface area contributed by atoms with E-state index in [2.05, 4.69) is 15.5 Å². The predicted molar refractivity (Wildman–Crippen MR) is 71.1 cm³/mol. The predicted octanol–water partition coefficient (Wildman–Crippen LogP) is 1.98. The van der Waals surface area contributed by atoms with Crippen LogP contribution in [0.2, 0.25) is 0 Å². The van der Waals surface area contributed by atoms with Gasteiger partial charge in [0.2, 0.25) is 0 Å². The van der Waals surface area contributed by atoms with Gasteiger partial charge in [-0.2, -0.15) is 5.10 Å². The molecule has 0 radical (unpaired) electrons.